The summed E-state index contributed by atoms with van der Waals surface area (Å²) in [5.74, 6) is 0. The van der Waals surface area contributed by atoms with E-state index in [0.717, 1.165) is 31.7 Å². The highest BCUT2D eigenvalue weighted by atomic mass is 79.9. The van der Waals surface area contributed by atoms with E-state index in [1.54, 1.807) is 6.07 Å². The molecule has 0 unspecified atom stereocenters. The molecule has 2 N–H and O–H groups in total. The molecule has 1 aliphatic rings. The summed E-state index contributed by atoms with van der Waals surface area (Å²) in [5, 5.41) is 0. The molecule has 2 rings (SSSR count). The molecule has 0 aliphatic heterocycles. The van der Waals surface area contributed by atoms with Gasteiger partial charge in [0.05, 0.1) is 5.56 Å². The Bertz CT molecular complexity index is 436. The van der Waals surface area contributed by atoms with E-state index >= 15 is 0 Å². The van der Waals surface area contributed by atoms with Crippen molar-refractivity contribution >= 4 is 15.9 Å². The molecular weight excluding hydrogens is 307 g/mol. The first-order valence-corrected chi connectivity index (χ1v) is 6.76. The molecule has 1 aromatic rings. The molecule has 1 fully saturated rings. The van der Waals surface area contributed by atoms with Crippen molar-refractivity contribution in [2.24, 2.45) is 5.73 Å². The van der Waals surface area contributed by atoms with Gasteiger partial charge in [-0.15, -0.1) is 0 Å². The van der Waals surface area contributed by atoms with Crippen LogP contribution in [0.15, 0.2) is 22.7 Å². The van der Waals surface area contributed by atoms with Crippen molar-refractivity contribution in [3.05, 3.63) is 33.8 Å². The summed E-state index contributed by atoms with van der Waals surface area (Å²) in [6.45, 7) is 0.263. The lowest BCUT2D eigenvalue weighted by Crippen LogP contribution is -2.34. The fraction of sp³-hybridized carbons (Fsp3) is 0.538. The van der Waals surface area contributed by atoms with Gasteiger partial charge < -0.3 is 5.73 Å². The molecule has 1 saturated carbocycles. The third-order valence-corrected chi connectivity index (χ3v) is 4.46. The average Bonchev–Trinajstić information content (AvgIpc) is 2.77. The maximum atomic E-state index is 13.1. The van der Waals surface area contributed by atoms with Crippen LogP contribution in [0.4, 0.5) is 13.2 Å². The predicted octanol–water partition coefficient (Wildman–Crippen LogP) is 4.24. The molecule has 0 saturated heterocycles. The third kappa shape index (κ3) is 2.30. The molecule has 0 aromatic heterocycles. The highest BCUT2D eigenvalue weighted by Crippen LogP contribution is 2.48. The zero-order valence-corrected chi connectivity index (χ0v) is 11.4. The molecule has 0 atom stereocenters. The van der Waals surface area contributed by atoms with E-state index < -0.39 is 17.2 Å². The van der Waals surface area contributed by atoms with Crippen LogP contribution in [0.1, 0.15) is 36.8 Å². The van der Waals surface area contributed by atoms with Gasteiger partial charge in [0.1, 0.15) is 0 Å². The summed E-state index contributed by atoms with van der Waals surface area (Å²) in [6, 6.07) is 4.24. The summed E-state index contributed by atoms with van der Waals surface area (Å²) in [7, 11) is 0. The van der Waals surface area contributed by atoms with Gasteiger partial charge in [-0.3, -0.25) is 0 Å². The lowest BCUT2D eigenvalue weighted by Gasteiger charge is -2.32. The van der Waals surface area contributed by atoms with E-state index in [4.69, 9.17) is 5.73 Å². The van der Waals surface area contributed by atoms with Gasteiger partial charge in [0.2, 0.25) is 0 Å². The summed E-state index contributed by atoms with van der Waals surface area (Å²) in [5.41, 5.74) is 5.06. The van der Waals surface area contributed by atoms with Crippen molar-refractivity contribution in [2.75, 3.05) is 6.54 Å². The van der Waals surface area contributed by atoms with Crippen molar-refractivity contribution in [1.29, 1.82) is 0 Å². The van der Waals surface area contributed by atoms with Crippen LogP contribution < -0.4 is 5.73 Å². The van der Waals surface area contributed by atoms with Crippen LogP contribution in [-0.4, -0.2) is 6.54 Å². The maximum absolute atomic E-state index is 13.1. The second-order valence-electron chi connectivity index (χ2n) is 4.85. The predicted molar refractivity (Wildman–Crippen MR) is 68.3 cm³/mol. The lowest BCUT2D eigenvalue weighted by atomic mass is 9.76. The van der Waals surface area contributed by atoms with Crippen LogP contribution in [-0.2, 0) is 11.6 Å². The van der Waals surface area contributed by atoms with Gasteiger partial charge in [-0.2, -0.15) is 13.2 Å². The van der Waals surface area contributed by atoms with Crippen molar-refractivity contribution in [2.45, 2.75) is 37.3 Å². The standard InChI is InChI=1S/C13H15BrF3N/c14-10-5-3-4-9(13(15,16)17)11(10)12(8-18)6-1-2-7-12/h3-5H,1-2,6-8,18H2. The smallest absolute Gasteiger partial charge is 0.330 e. The third-order valence-electron chi connectivity index (χ3n) is 3.80. The second kappa shape index (κ2) is 4.85. The van der Waals surface area contributed by atoms with E-state index in [1.165, 1.54) is 6.07 Å². The second-order valence-corrected chi connectivity index (χ2v) is 5.71. The molecular formula is C13H15BrF3N. The highest BCUT2D eigenvalue weighted by Gasteiger charge is 2.43. The van der Waals surface area contributed by atoms with Gasteiger partial charge in [0, 0.05) is 16.4 Å². The van der Waals surface area contributed by atoms with Crippen molar-refractivity contribution in [3.63, 3.8) is 0 Å². The molecule has 18 heavy (non-hydrogen) atoms. The number of hydrogen-bond donors (Lipinski definition) is 1. The minimum atomic E-state index is -4.33. The molecule has 0 heterocycles. The molecule has 1 aromatic carbocycles. The highest BCUT2D eigenvalue weighted by molar-refractivity contribution is 9.10. The Morgan fingerprint density at radius 3 is 2.33 bits per heavy atom. The van der Waals surface area contributed by atoms with Crippen molar-refractivity contribution in [3.8, 4) is 0 Å². The molecule has 1 aliphatic carbocycles. The Labute approximate surface area is 113 Å². The van der Waals surface area contributed by atoms with E-state index in [1.807, 2.05) is 0 Å². The zero-order valence-electron chi connectivity index (χ0n) is 9.86. The molecule has 0 bridgehead atoms. The lowest BCUT2D eigenvalue weighted by molar-refractivity contribution is -0.138. The summed E-state index contributed by atoms with van der Waals surface area (Å²) in [4.78, 5) is 0. The first kappa shape index (κ1) is 13.9. The van der Waals surface area contributed by atoms with Crippen LogP contribution in [0, 0.1) is 0 Å². The number of benzene rings is 1. The zero-order chi connectivity index (χ0) is 13.4. The monoisotopic (exact) mass is 321 g/mol. The Morgan fingerprint density at radius 2 is 1.83 bits per heavy atom. The van der Waals surface area contributed by atoms with Gasteiger partial charge >= 0.3 is 6.18 Å². The fourth-order valence-corrected chi connectivity index (χ4v) is 3.69. The van der Waals surface area contributed by atoms with E-state index in [-0.39, 0.29) is 6.54 Å². The minimum Gasteiger partial charge on any atom is -0.330 e. The largest absolute Gasteiger partial charge is 0.416 e. The Kier molecular flexibility index (Phi) is 3.74. The molecule has 0 radical (unpaired) electrons. The van der Waals surface area contributed by atoms with Gasteiger partial charge in [-0.05, 0) is 30.5 Å². The minimum absolute atomic E-state index is 0.263. The normalized spacial score (nSPS) is 19.2. The first-order valence-electron chi connectivity index (χ1n) is 5.97. The fourth-order valence-electron chi connectivity index (χ4n) is 2.91. The number of hydrogen-bond acceptors (Lipinski definition) is 1. The van der Waals surface area contributed by atoms with Crippen LogP contribution >= 0.6 is 15.9 Å². The van der Waals surface area contributed by atoms with Crippen LogP contribution in [0.2, 0.25) is 0 Å². The van der Waals surface area contributed by atoms with Crippen LogP contribution in [0.5, 0.6) is 0 Å². The Balaban J connectivity index is 2.62. The van der Waals surface area contributed by atoms with Gasteiger partial charge in [0.25, 0.3) is 0 Å². The molecule has 0 spiro atoms. The molecule has 100 valence electrons. The Hall–Kier alpha value is -0.550. The summed E-state index contributed by atoms with van der Waals surface area (Å²) in [6.07, 6.45) is -0.986. The van der Waals surface area contributed by atoms with Crippen LogP contribution in [0.25, 0.3) is 0 Å². The summed E-state index contributed by atoms with van der Waals surface area (Å²) < 4.78 is 39.9. The van der Waals surface area contributed by atoms with Crippen LogP contribution in [0.3, 0.4) is 0 Å². The average molecular weight is 322 g/mol. The Morgan fingerprint density at radius 1 is 1.22 bits per heavy atom. The topological polar surface area (TPSA) is 26.0 Å². The van der Waals surface area contributed by atoms with E-state index in [2.05, 4.69) is 15.9 Å². The SMILES string of the molecule is NCC1(c2c(Br)cccc2C(F)(F)F)CCCC1. The van der Waals surface area contributed by atoms with Gasteiger partial charge in [-0.25, -0.2) is 0 Å². The number of halogens is 4. The number of rotatable bonds is 2. The molecule has 5 heteroatoms. The number of nitrogens with two attached hydrogens (primary N) is 1. The van der Waals surface area contributed by atoms with Crippen molar-refractivity contribution in [1.82, 2.24) is 0 Å². The molecule has 1 nitrogen and oxygen atoms in total. The van der Waals surface area contributed by atoms with Gasteiger partial charge in [0.15, 0.2) is 0 Å². The van der Waals surface area contributed by atoms with Crippen molar-refractivity contribution < 1.29 is 13.2 Å². The molecule has 0 amide bonds. The maximum Gasteiger partial charge on any atom is 0.416 e. The first-order chi connectivity index (χ1) is 8.41. The summed E-state index contributed by atoms with van der Waals surface area (Å²) >= 11 is 3.27. The van der Waals surface area contributed by atoms with E-state index in [0.29, 0.717) is 10.0 Å². The van der Waals surface area contributed by atoms with Gasteiger partial charge in [-0.1, -0.05) is 34.8 Å². The number of alkyl halides is 3. The van der Waals surface area contributed by atoms with E-state index in [9.17, 15) is 13.2 Å². The quantitative estimate of drug-likeness (QED) is 0.866.